The molecule has 3 unspecified atom stereocenters. The normalized spacial score (nSPS) is 24.0. The van der Waals surface area contributed by atoms with E-state index in [0.29, 0.717) is 11.4 Å². The van der Waals surface area contributed by atoms with Crippen molar-refractivity contribution in [2.24, 2.45) is 5.92 Å². The van der Waals surface area contributed by atoms with E-state index in [1.807, 2.05) is 18.2 Å². The van der Waals surface area contributed by atoms with E-state index in [4.69, 9.17) is 9.47 Å². The molecule has 0 radical (unpaired) electrons. The Morgan fingerprint density at radius 2 is 2.00 bits per heavy atom. The van der Waals surface area contributed by atoms with E-state index in [-0.39, 0.29) is 31.1 Å². The highest BCUT2D eigenvalue weighted by molar-refractivity contribution is 5.95. The average molecular weight is 386 g/mol. The molecule has 5 nitrogen and oxygen atoms in total. The van der Waals surface area contributed by atoms with E-state index in [1.54, 1.807) is 19.2 Å². The molecule has 2 fully saturated rings. The van der Waals surface area contributed by atoms with E-state index < -0.39 is 0 Å². The Bertz CT molecular complexity index is 862. The van der Waals surface area contributed by atoms with Crippen LogP contribution in [0.1, 0.15) is 25.7 Å². The summed E-state index contributed by atoms with van der Waals surface area (Å²) in [5.41, 5.74) is 1.69. The van der Waals surface area contributed by atoms with Crippen molar-refractivity contribution in [2.75, 3.05) is 32.6 Å². The van der Waals surface area contributed by atoms with Gasteiger partial charge >= 0.3 is 0 Å². The van der Waals surface area contributed by atoms with Crippen LogP contribution in [0.4, 0.5) is 10.1 Å². The first kappa shape index (κ1) is 18.7. The minimum absolute atomic E-state index is 0. The van der Waals surface area contributed by atoms with Crippen molar-refractivity contribution in [3.8, 4) is 11.5 Å². The summed E-state index contributed by atoms with van der Waals surface area (Å²) >= 11 is 0. The van der Waals surface area contributed by atoms with Crippen LogP contribution in [0.25, 0.3) is 0 Å². The molecule has 3 atom stereocenters. The van der Waals surface area contributed by atoms with E-state index >= 15 is 0 Å². The molecule has 6 heteroatoms. The van der Waals surface area contributed by atoms with Crippen LogP contribution in [0.15, 0.2) is 42.5 Å². The number of likely N-dealkylation sites (tertiary alicyclic amines) is 1. The maximum absolute atomic E-state index is 13.0. The van der Waals surface area contributed by atoms with Gasteiger partial charge in [0.25, 0.3) is 0 Å². The van der Waals surface area contributed by atoms with Crippen molar-refractivity contribution in [2.45, 2.75) is 24.9 Å². The summed E-state index contributed by atoms with van der Waals surface area (Å²) in [4.78, 5) is 14.7. The Balaban J connectivity index is 0.00000240. The first-order chi connectivity index (χ1) is 13.5. The maximum atomic E-state index is 13.0. The van der Waals surface area contributed by atoms with Crippen LogP contribution in [0.5, 0.6) is 11.5 Å². The van der Waals surface area contributed by atoms with Gasteiger partial charge in [-0.1, -0.05) is 6.07 Å². The van der Waals surface area contributed by atoms with Gasteiger partial charge in [0.1, 0.15) is 11.9 Å². The highest BCUT2D eigenvalue weighted by atomic mass is 19.1. The summed E-state index contributed by atoms with van der Waals surface area (Å²) in [5.74, 6) is 1.19. The Kier molecular flexibility index (Phi) is 5.22. The molecule has 2 aromatic rings. The van der Waals surface area contributed by atoms with Crippen molar-refractivity contribution >= 4 is 11.6 Å². The van der Waals surface area contributed by atoms with Gasteiger partial charge in [-0.2, -0.15) is 0 Å². The lowest BCUT2D eigenvalue weighted by atomic mass is 10.1. The number of carbonyl (C=O) groups is 1. The number of likely N-dealkylation sites (N-methyl/N-ethyl adjacent to an activating group) is 1. The number of ether oxygens (including phenoxy) is 2. The van der Waals surface area contributed by atoms with E-state index in [2.05, 4.69) is 17.3 Å². The number of benzene rings is 2. The largest absolute Gasteiger partial charge is 0.493 e. The summed E-state index contributed by atoms with van der Waals surface area (Å²) in [6, 6.07) is 11.8. The molecule has 0 bridgehead atoms. The molecule has 0 aromatic heterocycles. The molecule has 1 heterocycles. The van der Waals surface area contributed by atoms with Crippen LogP contribution < -0.4 is 14.8 Å². The molecule has 1 saturated carbocycles. The van der Waals surface area contributed by atoms with Crippen LogP contribution in [0.3, 0.4) is 0 Å². The fraction of sp³-hybridized carbons (Fsp3) is 0.409. The van der Waals surface area contributed by atoms with Gasteiger partial charge in [0.2, 0.25) is 5.91 Å². The Hall–Kier alpha value is -2.60. The van der Waals surface area contributed by atoms with Crippen molar-refractivity contribution < 1.29 is 20.1 Å². The molecule has 1 amide bonds. The van der Waals surface area contributed by atoms with Crippen LogP contribution in [-0.2, 0) is 4.79 Å². The number of rotatable bonds is 6. The number of methoxy groups -OCH3 is 1. The van der Waals surface area contributed by atoms with Gasteiger partial charge < -0.3 is 19.7 Å². The van der Waals surface area contributed by atoms with Gasteiger partial charge in [0, 0.05) is 26.1 Å². The van der Waals surface area contributed by atoms with Crippen molar-refractivity contribution in [1.82, 2.24) is 4.90 Å². The van der Waals surface area contributed by atoms with Gasteiger partial charge in [-0.3, -0.25) is 4.79 Å². The third-order valence-electron chi connectivity index (χ3n) is 5.50. The zero-order chi connectivity index (χ0) is 19.7. The van der Waals surface area contributed by atoms with Gasteiger partial charge in [-0.05, 0) is 67.8 Å². The molecule has 28 heavy (non-hydrogen) atoms. The number of carbonyl (C=O) groups excluding carboxylic acids is 1. The van der Waals surface area contributed by atoms with Crippen molar-refractivity contribution in [3.63, 3.8) is 0 Å². The van der Waals surface area contributed by atoms with E-state index in [0.717, 1.165) is 37.2 Å². The second-order valence-electron chi connectivity index (χ2n) is 7.65. The van der Waals surface area contributed by atoms with Gasteiger partial charge in [0.05, 0.1) is 7.11 Å². The zero-order valence-corrected chi connectivity index (χ0v) is 16.2. The minimum atomic E-state index is -0.319. The van der Waals surface area contributed by atoms with Crippen LogP contribution in [0.2, 0.25) is 0 Å². The molecule has 1 N–H and O–H groups in total. The number of nitrogens with zero attached hydrogens (tertiary/aromatic N) is 1. The fourth-order valence-corrected chi connectivity index (χ4v) is 3.80. The highest BCUT2D eigenvalue weighted by Gasteiger charge is 2.44. The summed E-state index contributed by atoms with van der Waals surface area (Å²) in [7, 11) is 3.73. The molecule has 4 rings (SSSR count). The first-order valence-electron chi connectivity index (χ1n) is 9.63. The molecule has 0 spiro atoms. The predicted molar refractivity (Wildman–Crippen MR) is 108 cm³/mol. The third kappa shape index (κ3) is 4.12. The standard InChI is InChI=1S/C22H25FN2O3.H2/c1-25-10-9-17(13-25)28-20-8-3-14(11-21(20)27-2)18-12-19(18)22(26)24-16-6-4-15(23)5-7-16;/h3-8,11,17-19H,9-10,12-13H2,1-2H3,(H,24,26);1H. The average Bonchev–Trinajstić information content (AvgIpc) is 3.40. The number of amides is 1. The fourth-order valence-electron chi connectivity index (χ4n) is 3.80. The number of halogens is 1. The van der Waals surface area contributed by atoms with E-state index in [1.165, 1.54) is 12.1 Å². The molecule has 2 aromatic carbocycles. The monoisotopic (exact) mass is 386 g/mol. The minimum Gasteiger partial charge on any atom is -0.493 e. The van der Waals surface area contributed by atoms with Crippen molar-refractivity contribution in [1.29, 1.82) is 0 Å². The number of hydrogen-bond donors (Lipinski definition) is 1. The predicted octanol–water partition coefficient (Wildman–Crippen LogP) is 3.91. The van der Waals surface area contributed by atoms with Crippen molar-refractivity contribution in [3.05, 3.63) is 53.8 Å². The lowest BCUT2D eigenvalue weighted by Gasteiger charge is -2.17. The molecule has 1 saturated heterocycles. The SMILES string of the molecule is COc1cc(C2CC2C(=O)Nc2ccc(F)cc2)ccc1OC1CCN(C)C1.[HH]. The first-order valence-corrected chi connectivity index (χ1v) is 9.63. The maximum Gasteiger partial charge on any atom is 0.228 e. The summed E-state index contributed by atoms with van der Waals surface area (Å²) in [5, 5.41) is 2.86. The highest BCUT2D eigenvalue weighted by Crippen LogP contribution is 2.49. The van der Waals surface area contributed by atoms with Crippen LogP contribution in [-0.4, -0.2) is 44.2 Å². The Morgan fingerprint density at radius 3 is 2.68 bits per heavy atom. The summed E-state index contributed by atoms with van der Waals surface area (Å²) in [6.45, 7) is 1.96. The number of anilines is 1. The third-order valence-corrected chi connectivity index (χ3v) is 5.50. The molecule has 1 aliphatic carbocycles. The number of nitrogens with one attached hydrogen (secondary N) is 1. The molecule has 150 valence electrons. The van der Waals surface area contributed by atoms with Crippen LogP contribution in [0, 0.1) is 11.7 Å². The van der Waals surface area contributed by atoms with E-state index in [9.17, 15) is 9.18 Å². The lowest BCUT2D eigenvalue weighted by molar-refractivity contribution is -0.117. The molecular formula is C22H27FN2O3. The topological polar surface area (TPSA) is 50.8 Å². The summed E-state index contributed by atoms with van der Waals surface area (Å²) < 4.78 is 24.6. The number of hydrogen-bond acceptors (Lipinski definition) is 4. The second-order valence-corrected chi connectivity index (χ2v) is 7.65. The Labute approximate surface area is 165 Å². The zero-order valence-electron chi connectivity index (χ0n) is 16.2. The second kappa shape index (κ2) is 7.80. The van der Waals surface area contributed by atoms with Gasteiger partial charge in [-0.15, -0.1) is 0 Å². The molecular weight excluding hydrogens is 359 g/mol. The van der Waals surface area contributed by atoms with Gasteiger partial charge in [-0.25, -0.2) is 4.39 Å². The summed E-state index contributed by atoms with van der Waals surface area (Å²) in [6.07, 6.45) is 1.99. The Morgan fingerprint density at radius 1 is 1.21 bits per heavy atom. The molecule has 1 aliphatic heterocycles. The quantitative estimate of drug-likeness (QED) is 0.818. The lowest BCUT2D eigenvalue weighted by Crippen LogP contribution is -2.21. The smallest absolute Gasteiger partial charge is 0.228 e. The van der Waals surface area contributed by atoms with Gasteiger partial charge in [0.15, 0.2) is 11.5 Å². The molecule has 2 aliphatic rings. The van der Waals surface area contributed by atoms with Crippen LogP contribution >= 0.6 is 0 Å².